The lowest BCUT2D eigenvalue weighted by molar-refractivity contribution is -0.115. The van der Waals surface area contributed by atoms with Crippen molar-refractivity contribution in [3.63, 3.8) is 0 Å². The second kappa shape index (κ2) is 8.52. The Morgan fingerprint density at radius 3 is 2.89 bits per heavy atom. The summed E-state index contributed by atoms with van der Waals surface area (Å²) in [5, 5.41) is 7.20. The van der Waals surface area contributed by atoms with Gasteiger partial charge >= 0.3 is 0 Å². The van der Waals surface area contributed by atoms with Gasteiger partial charge in [-0.25, -0.2) is 9.97 Å². The van der Waals surface area contributed by atoms with Gasteiger partial charge in [0.1, 0.15) is 0 Å². The van der Waals surface area contributed by atoms with Gasteiger partial charge in [-0.3, -0.25) is 9.59 Å². The van der Waals surface area contributed by atoms with E-state index in [2.05, 4.69) is 21.4 Å². The number of thiazole rings is 2. The minimum Gasteiger partial charge on any atom is -0.302 e. The third-order valence-corrected chi connectivity index (χ3v) is 7.70. The second-order valence-corrected chi connectivity index (χ2v) is 10.1. The Bertz CT molecular complexity index is 1130. The van der Waals surface area contributed by atoms with Crippen LogP contribution in [0.3, 0.4) is 0 Å². The number of rotatable bonds is 7. The van der Waals surface area contributed by atoms with Gasteiger partial charge in [-0.15, -0.1) is 22.7 Å². The Morgan fingerprint density at radius 1 is 1.18 bits per heavy atom. The van der Waals surface area contributed by atoms with Gasteiger partial charge in [0, 0.05) is 5.38 Å². The zero-order chi connectivity index (χ0) is 19.5. The number of hydrogen-bond acceptors (Lipinski definition) is 8. The quantitative estimate of drug-likeness (QED) is 0.310. The van der Waals surface area contributed by atoms with Crippen LogP contribution in [-0.4, -0.2) is 27.4 Å². The number of thiophene rings is 1. The van der Waals surface area contributed by atoms with Crippen molar-refractivity contribution in [2.45, 2.75) is 17.7 Å². The van der Waals surface area contributed by atoms with Crippen LogP contribution in [0.4, 0.5) is 5.13 Å². The molecular formula is C19H15N3O2S4. The van der Waals surface area contributed by atoms with E-state index in [1.807, 2.05) is 41.9 Å². The molecule has 0 aliphatic heterocycles. The molecule has 0 unspecified atom stereocenters. The molecule has 0 fully saturated rings. The number of aryl methyl sites for hydroxylation is 1. The number of fused-ring (bicyclic) bond motifs is 1. The summed E-state index contributed by atoms with van der Waals surface area (Å²) in [4.78, 5) is 34.0. The number of aromatic nitrogens is 2. The average Bonchev–Trinajstić information content (AvgIpc) is 3.40. The number of carbonyl (C=O) groups excluding carboxylic acids is 2. The van der Waals surface area contributed by atoms with Crippen LogP contribution in [0.15, 0.2) is 45.4 Å². The fourth-order valence-corrected chi connectivity index (χ4v) is 5.95. The van der Waals surface area contributed by atoms with E-state index in [9.17, 15) is 9.59 Å². The van der Waals surface area contributed by atoms with Crippen LogP contribution in [0.5, 0.6) is 0 Å². The molecule has 1 N–H and O–H groups in total. The van der Waals surface area contributed by atoms with Crippen molar-refractivity contribution < 1.29 is 9.59 Å². The normalized spacial score (nSPS) is 11.0. The lowest BCUT2D eigenvalue weighted by atomic mass is 10.2. The number of hydrogen-bond donors (Lipinski definition) is 1. The molecule has 0 aliphatic rings. The third-order valence-electron chi connectivity index (χ3n) is 3.79. The molecule has 0 radical (unpaired) electrons. The van der Waals surface area contributed by atoms with Gasteiger partial charge in [0.15, 0.2) is 15.3 Å². The Labute approximate surface area is 177 Å². The van der Waals surface area contributed by atoms with Crippen LogP contribution in [-0.2, 0) is 11.2 Å². The highest BCUT2D eigenvalue weighted by Crippen LogP contribution is 2.27. The second-order valence-electron chi connectivity index (χ2n) is 6.01. The molecule has 1 aromatic carbocycles. The molecule has 5 nitrogen and oxygen atoms in total. The first-order valence-electron chi connectivity index (χ1n) is 8.38. The number of nitrogens with zero attached hydrogens (tertiary/aromatic N) is 2. The molecule has 0 aliphatic carbocycles. The minimum atomic E-state index is -0.146. The number of carbonyl (C=O) groups is 2. The molecule has 3 heterocycles. The molecule has 9 heteroatoms. The highest BCUT2D eigenvalue weighted by atomic mass is 32.2. The number of Topliss-reactive ketones (excluding diaryl/α,β-unsaturated/α-hetero) is 1. The molecule has 0 spiro atoms. The Morgan fingerprint density at radius 2 is 2.07 bits per heavy atom. The highest BCUT2D eigenvalue weighted by Gasteiger charge is 2.13. The molecular weight excluding hydrogens is 430 g/mol. The zero-order valence-corrected chi connectivity index (χ0v) is 18.1. The number of anilines is 1. The lowest BCUT2D eigenvalue weighted by Crippen LogP contribution is -2.14. The minimum absolute atomic E-state index is 0.0977. The van der Waals surface area contributed by atoms with Crippen molar-refractivity contribution in [1.82, 2.24) is 9.97 Å². The van der Waals surface area contributed by atoms with Gasteiger partial charge in [-0.1, -0.05) is 35.2 Å². The van der Waals surface area contributed by atoms with E-state index in [-0.39, 0.29) is 18.1 Å². The third kappa shape index (κ3) is 4.67. The first-order valence-corrected chi connectivity index (χ1v) is 11.9. The molecule has 28 heavy (non-hydrogen) atoms. The van der Waals surface area contributed by atoms with Crippen LogP contribution in [0, 0.1) is 6.92 Å². The predicted molar refractivity (Wildman–Crippen MR) is 118 cm³/mol. The van der Waals surface area contributed by atoms with Crippen LogP contribution in [0.25, 0.3) is 10.2 Å². The van der Waals surface area contributed by atoms with E-state index in [1.165, 1.54) is 51.3 Å². The molecule has 0 atom stereocenters. The van der Waals surface area contributed by atoms with Gasteiger partial charge in [0.05, 0.1) is 33.0 Å². The van der Waals surface area contributed by atoms with Gasteiger partial charge in [-0.2, -0.15) is 0 Å². The maximum absolute atomic E-state index is 12.3. The van der Waals surface area contributed by atoms with Crippen molar-refractivity contribution in [1.29, 1.82) is 0 Å². The van der Waals surface area contributed by atoms with E-state index in [0.717, 1.165) is 19.4 Å². The van der Waals surface area contributed by atoms with Crippen molar-refractivity contribution in [3.8, 4) is 0 Å². The van der Waals surface area contributed by atoms with E-state index < -0.39 is 0 Å². The Kier molecular flexibility index (Phi) is 5.86. The topological polar surface area (TPSA) is 72.0 Å². The zero-order valence-electron chi connectivity index (χ0n) is 14.8. The summed E-state index contributed by atoms with van der Waals surface area (Å²) in [5.41, 5.74) is 2.75. The predicted octanol–water partition coefficient (Wildman–Crippen LogP) is 5.28. The first kappa shape index (κ1) is 19.3. The van der Waals surface area contributed by atoms with Crippen molar-refractivity contribution in [2.75, 3.05) is 11.1 Å². The molecule has 0 saturated heterocycles. The van der Waals surface area contributed by atoms with E-state index in [1.54, 1.807) is 0 Å². The Hall–Kier alpha value is -2.07. The summed E-state index contributed by atoms with van der Waals surface area (Å²) < 4.78 is 1.85. The number of benzene rings is 1. The fraction of sp³-hybridized carbons (Fsp3) is 0.158. The summed E-state index contributed by atoms with van der Waals surface area (Å²) in [6.45, 7) is 2.03. The summed E-state index contributed by atoms with van der Waals surface area (Å²) in [7, 11) is 0. The lowest BCUT2D eigenvalue weighted by Gasteiger charge is -1.99. The van der Waals surface area contributed by atoms with Gasteiger partial charge in [-0.05, 0) is 36.1 Å². The summed E-state index contributed by atoms with van der Waals surface area (Å²) >= 11 is 5.77. The molecule has 0 saturated carbocycles. The van der Waals surface area contributed by atoms with E-state index in [0.29, 0.717) is 16.6 Å². The van der Waals surface area contributed by atoms with Crippen LogP contribution >= 0.6 is 45.8 Å². The molecule has 1 amide bonds. The maximum atomic E-state index is 12.3. The van der Waals surface area contributed by atoms with Crippen molar-refractivity contribution in [2.24, 2.45) is 0 Å². The first-order chi connectivity index (χ1) is 13.6. The number of amides is 1. The largest absolute Gasteiger partial charge is 0.302 e. The van der Waals surface area contributed by atoms with Crippen molar-refractivity contribution in [3.05, 3.63) is 57.2 Å². The maximum Gasteiger partial charge on any atom is 0.232 e. The average molecular weight is 446 g/mol. The number of ketones is 1. The standard InChI is InChI=1S/C19H15N3O2S4/c1-11-4-5-13-16(7-11)28-18(21-13)22-17(24)8-12-9-26-19(20-12)27-10-14(23)15-3-2-6-25-15/h2-7,9H,8,10H2,1H3,(H,21,22,24). The smallest absolute Gasteiger partial charge is 0.232 e. The van der Waals surface area contributed by atoms with E-state index >= 15 is 0 Å². The number of nitrogens with one attached hydrogen (secondary N) is 1. The van der Waals surface area contributed by atoms with E-state index in [4.69, 9.17) is 0 Å². The highest BCUT2D eigenvalue weighted by molar-refractivity contribution is 8.01. The van der Waals surface area contributed by atoms with Crippen molar-refractivity contribution >= 4 is 72.8 Å². The summed E-state index contributed by atoms with van der Waals surface area (Å²) in [5.74, 6) is 0.304. The molecule has 4 aromatic rings. The van der Waals surface area contributed by atoms with Gasteiger partial charge in [0.25, 0.3) is 0 Å². The molecule has 0 bridgehead atoms. The fourth-order valence-electron chi connectivity index (χ4n) is 2.48. The summed E-state index contributed by atoms with van der Waals surface area (Å²) in [6.07, 6.45) is 0.185. The van der Waals surface area contributed by atoms with Crippen LogP contribution in [0.2, 0.25) is 0 Å². The van der Waals surface area contributed by atoms with Crippen LogP contribution < -0.4 is 5.32 Å². The molecule has 4 rings (SSSR count). The van der Waals surface area contributed by atoms with Gasteiger partial charge in [0.2, 0.25) is 5.91 Å². The molecule has 142 valence electrons. The number of thioether (sulfide) groups is 1. The monoisotopic (exact) mass is 445 g/mol. The Balaban J connectivity index is 1.32. The van der Waals surface area contributed by atoms with Gasteiger partial charge < -0.3 is 5.32 Å². The summed E-state index contributed by atoms with van der Waals surface area (Å²) in [6, 6.07) is 9.72. The SMILES string of the molecule is Cc1ccc2nc(NC(=O)Cc3csc(SCC(=O)c4cccs4)n3)sc2c1. The molecule has 3 aromatic heterocycles. The van der Waals surface area contributed by atoms with Crippen LogP contribution in [0.1, 0.15) is 20.9 Å².